The molecule has 0 saturated heterocycles. The number of rotatable bonds is 6. The van der Waals surface area contributed by atoms with Gasteiger partial charge < -0.3 is 9.84 Å². The van der Waals surface area contributed by atoms with Gasteiger partial charge in [0.1, 0.15) is 22.5 Å². The zero-order valence-electron chi connectivity index (χ0n) is 13.9. The van der Waals surface area contributed by atoms with Crippen molar-refractivity contribution in [3.8, 4) is 11.4 Å². The minimum Gasteiger partial charge on any atom is -0.506 e. The maximum Gasteiger partial charge on any atom is 0.330 e. The van der Waals surface area contributed by atoms with Crippen LogP contribution in [-0.4, -0.2) is 32.7 Å². The molecule has 1 aromatic heterocycles. The molecule has 1 heterocycles. The van der Waals surface area contributed by atoms with Gasteiger partial charge in [0, 0.05) is 12.5 Å². The third kappa shape index (κ3) is 4.03. The monoisotopic (exact) mass is 337 g/mol. The summed E-state index contributed by atoms with van der Waals surface area (Å²) in [4.78, 5) is 12.9. The summed E-state index contributed by atoms with van der Waals surface area (Å²) in [6.45, 7) is 2.22. The second kappa shape index (κ2) is 7.61. The first-order chi connectivity index (χ1) is 12.2. The summed E-state index contributed by atoms with van der Waals surface area (Å²) in [5.41, 5.74) is 2.92. The molecule has 25 heavy (non-hydrogen) atoms. The van der Waals surface area contributed by atoms with Gasteiger partial charge in [-0.05, 0) is 36.2 Å². The molecule has 0 radical (unpaired) electrons. The number of ether oxygens (including phenoxy) is 1. The summed E-state index contributed by atoms with van der Waals surface area (Å²) in [6, 6.07) is 12.7. The molecule has 0 aliphatic rings. The Labute approximate surface area is 145 Å². The molecule has 0 unspecified atom stereocenters. The Bertz CT molecular complexity index is 882. The number of aromatic nitrogens is 3. The lowest BCUT2D eigenvalue weighted by Crippen LogP contribution is -2.06. The minimum atomic E-state index is -0.346. The highest BCUT2D eigenvalue weighted by atomic mass is 16.5. The Morgan fingerprint density at radius 2 is 1.92 bits per heavy atom. The van der Waals surface area contributed by atoms with Crippen molar-refractivity contribution in [1.82, 2.24) is 15.0 Å². The SMILES string of the molecule is CC/C=C/C(=O)OCCc1ccc(O)c(-n2nc3ccccc3n2)c1. The number of allylic oxidation sites excluding steroid dienone is 1. The lowest BCUT2D eigenvalue weighted by Gasteiger charge is -2.07. The number of phenolic OH excluding ortho intramolecular Hbond substituents is 1. The third-order valence-electron chi connectivity index (χ3n) is 3.67. The standard InChI is InChI=1S/C19H19N3O3/c1-2-3-8-19(24)25-12-11-14-9-10-18(23)17(13-14)22-20-15-6-4-5-7-16(15)21-22/h3-10,13,23H,2,11-12H2,1H3/b8-3+. The number of nitrogens with zero attached hydrogens (tertiary/aromatic N) is 3. The van der Waals surface area contributed by atoms with Crippen molar-refractivity contribution < 1.29 is 14.6 Å². The maximum absolute atomic E-state index is 11.5. The molecule has 0 atom stereocenters. The van der Waals surface area contributed by atoms with Gasteiger partial charge in [-0.25, -0.2) is 4.79 Å². The van der Waals surface area contributed by atoms with E-state index in [1.165, 1.54) is 10.9 Å². The second-order valence-electron chi connectivity index (χ2n) is 5.53. The van der Waals surface area contributed by atoms with Crippen molar-refractivity contribution in [2.75, 3.05) is 6.61 Å². The van der Waals surface area contributed by atoms with Crippen LogP contribution in [0.4, 0.5) is 0 Å². The van der Waals surface area contributed by atoms with Gasteiger partial charge >= 0.3 is 5.97 Å². The number of phenols is 1. The van der Waals surface area contributed by atoms with Crippen LogP contribution in [0.25, 0.3) is 16.7 Å². The van der Waals surface area contributed by atoms with Gasteiger partial charge in [0.2, 0.25) is 0 Å². The fourth-order valence-corrected chi connectivity index (χ4v) is 2.38. The van der Waals surface area contributed by atoms with E-state index in [9.17, 15) is 9.90 Å². The van der Waals surface area contributed by atoms with E-state index in [4.69, 9.17) is 4.74 Å². The van der Waals surface area contributed by atoms with Crippen molar-refractivity contribution in [3.05, 3.63) is 60.2 Å². The molecule has 3 rings (SSSR count). The Hall–Kier alpha value is -3.15. The number of hydrogen-bond donors (Lipinski definition) is 1. The first-order valence-electron chi connectivity index (χ1n) is 8.15. The molecule has 128 valence electrons. The molecule has 0 fully saturated rings. The summed E-state index contributed by atoms with van der Waals surface area (Å²) in [5, 5.41) is 18.9. The number of aromatic hydroxyl groups is 1. The zero-order chi connectivity index (χ0) is 17.6. The first-order valence-corrected chi connectivity index (χ1v) is 8.15. The van der Waals surface area contributed by atoms with E-state index >= 15 is 0 Å². The summed E-state index contributed by atoms with van der Waals surface area (Å²) in [6.07, 6.45) is 4.53. The quantitative estimate of drug-likeness (QED) is 0.552. The molecule has 3 aromatic rings. The molecule has 1 N–H and O–H groups in total. The van der Waals surface area contributed by atoms with Crippen molar-refractivity contribution >= 4 is 17.0 Å². The summed E-state index contributed by atoms with van der Waals surface area (Å²) in [5.74, 6) is -0.257. The Morgan fingerprint density at radius 1 is 1.20 bits per heavy atom. The van der Waals surface area contributed by atoms with E-state index in [-0.39, 0.29) is 18.3 Å². The molecule has 0 aliphatic carbocycles. The van der Waals surface area contributed by atoms with Gasteiger partial charge in [0.25, 0.3) is 0 Å². The van der Waals surface area contributed by atoms with Gasteiger partial charge in [-0.1, -0.05) is 31.2 Å². The number of carbonyl (C=O) groups excluding carboxylic acids is 1. The predicted octanol–water partition coefficient (Wildman–Crippen LogP) is 3.18. The second-order valence-corrected chi connectivity index (χ2v) is 5.53. The van der Waals surface area contributed by atoms with E-state index in [2.05, 4.69) is 10.2 Å². The number of fused-ring (bicyclic) bond motifs is 1. The molecule has 0 bridgehead atoms. The molecule has 6 heteroatoms. The smallest absolute Gasteiger partial charge is 0.330 e. The number of esters is 1. The minimum absolute atomic E-state index is 0.0898. The van der Waals surface area contributed by atoms with Gasteiger partial charge in [0.05, 0.1) is 6.61 Å². The van der Waals surface area contributed by atoms with Crippen LogP contribution in [0.5, 0.6) is 5.75 Å². The normalized spacial score (nSPS) is 11.2. The van der Waals surface area contributed by atoms with Crippen molar-refractivity contribution in [3.63, 3.8) is 0 Å². The van der Waals surface area contributed by atoms with Crippen LogP contribution in [-0.2, 0) is 16.0 Å². The van der Waals surface area contributed by atoms with Gasteiger partial charge in [0.15, 0.2) is 0 Å². The third-order valence-corrected chi connectivity index (χ3v) is 3.67. The average molecular weight is 337 g/mol. The van der Waals surface area contributed by atoms with Gasteiger partial charge in [-0.2, -0.15) is 0 Å². The highest BCUT2D eigenvalue weighted by Gasteiger charge is 2.10. The van der Waals surface area contributed by atoms with Crippen LogP contribution >= 0.6 is 0 Å². The highest BCUT2D eigenvalue weighted by Crippen LogP contribution is 2.23. The number of carbonyl (C=O) groups is 1. The first kappa shape index (κ1) is 16.7. The van der Waals surface area contributed by atoms with Crippen LogP contribution in [0, 0.1) is 0 Å². The molecule has 0 spiro atoms. The highest BCUT2D eigenvalue weighted by molar-refractivity contribution is 5.81. The van der Waals surface area contributed by atoms with E-state index in [0.717, 1.165) is 23.0 Å². The Kier molecular flexibility index (Phi) is 5.09. The Morgan fingerprint density at radius 3 is 2.60 bits per heavy atom. The van der Waals surface area contributed by atoms with E-state index < -0.39 is 0 Å². The lowest BCUT2D eigenvalue weighted by molar-refractivity contribution is -0.137. The van der Waals surface area contributed by atoms with Crippen molar-refractivity contribution in [1.29, 1.82) is 0 Å². The summed E-state index contributed by atoms with van der Waals surface area (Å²) >= 11 is 0. The topological polar surface area (TPSA) is 77.2 Å². The lowest BCUT2D eigenvalue weighted by atomic mass is 10.1. The molecule has 0 amide bonds. The molecular weight excluding hydrogens is 318 g/mol. The molecule has 2 aromatic carbocycles. The van der Waals surface area contributed by atoms with Crippen LogP contribution in [0.1, 0.15) is 18.9 Å². The molecule has 6 nitrogen and oxygen atoms in total. The number of hydrogen-bond acceptors (Lipinski definition) is 5. The van der Waals surface area contributed by atoms with Crippen molar-refractivity contribution in [2.24, 2.45) is 0 Å². The zero-order valence-corrected chi connectivity index (χ0v) is 13.9. The number of benzene rings is 2. The summed E-state index contributed by atoms with van der Waals surface area (Å²) in [7, 11) is 0. The summed E-state index contributed by atoms with van der Waals surface area (Å²) < 4.78 is 5.15. The maximum atomic E-state index is 11.5. The van der Waals surface area contributed by atoms with Crippen LogP contribution in [0.15, 0.2) is 54.6 Å². The van der Waals surface area contributed by atoms with Crippen LogP contribution in [0.3, 0.4) is 0 Å². The predicted molar refractivity (Wildman–Crippen MR) is 94.6 cm³/mol. The van der Waals surface area contributed by atoms with E-state index in [1.54, 1.807) is 24.3 Å². The Balaban J connectivity index is 1.74. The average Bonchev–Trinajstić information content (AvgIpc) is 3.05. The molecular formula is C19H19N3O3. The van der Waals surface area contributed by atoms with Crippen molar-refractivity contribution in [2.45, 2.75) is 19.8 Å². The fraction of sp³-hybridized carbons (Fsp3) is 0.211. The largest absolute Gasteiger partial charge is 0.506 e. The van der Waals surface area contributed by atoms with Crippen LogP contribution in [0.2, 0.25) is 0 Å². The molecule has 0 saturated carbocycles. The van der Waals surface area contributed by atoms with Gasteiger partial charge in [-0.3, -0.25) is 0 Å². The van der Waals surface area contributed by atoms with Gasteiger partial charge in [-0.15, -0.1) is 15.0 Å². The molecule has 0 aliphatic heterocycles. The van der Waals surface area contributed by atoms with Crippen LogP contribution < -0.4 is 0 Å². The fourth-order valence-electron chi connectivity index (χ4n) is 2.38. The van der Waals surface area contributed by atoms with E-state index in [1.807, 2.05) is 31.2 Å². The van der Waals surface area contributed by atoms with E-state index in [0.29, 0.717) is 12.1 Å².